The molecular weight excluding hydrogens is 226 g/mol. The minimum atomic E-state index is 0.255. The highest BCUT2D eigenvalue weighted by atomic mass is 16.5. The van der Waals surface area contributed by atoms with Gasteiger partial charge in [-0.1, -0.05) is 12.1 Å². The smallest absolute Gasteiger partial charge is 0.119 e. The molecule has 0 aliphatic heterocycles. The molecule has 18 heavy (non-hydrogen) atoms. The summed E-state index contributed by atoms with van der Waals surface area (Å²) in [6.45, 7) is 0. The van der Waals surface area contributed by atoms with Gasteiger partial charge in [0.15, 0.2) is 0 Å². The lowest BCUT2D eigenvalue weighted by Gasteiger charge is -2.28. The average molecular weight is 245 g/mol. The second kappa shape index (κ2) is 6.42. The third kappa shape index (κ3) is 3.48. The zero-order valence-electron chi connectivity index (χ0n) is 10.8. The summed E-state index contributed by atoms with van der Waals surface area (Å²) >= 11 is 0. The van der Waals surface area contributed by atoms with Crippen LogP contribution in [0.15, 0.2) is 24.3 Å². The summed E-state index contributed by atoms with van der Waals surface area (Å²) in [6.07, 6.45) is 5.41. The fourth-order valence-corrected chi connectivity index (χ4v) is 2.39. The lowest BCUT2D eigenvalue weighted by molar-refractivity contribution is 0.0209. The number of hydrogen-bond acceptors (Lipinski definition) is 3. The predicted molar refractivity (Wildman–Crippen MR) is 69.4 cm³/mol. The van der Waals surface area contributed by atoms with E-state index in [0.29, 0.717) is 12.5 Å². The SMILES string of the molecule is COC1CCCC(Oc2ccc(CC#N)cc2)C1. The van der Waals surface area contributed by atoms with Crippen molar-refractivity contribution < 1.29 is 9.47 Å². The Morgan fingerprint density at radius 3 is 2.61 bits per heavy atom. The Morgan fingerprint density at radius 1 is 1.22 bits per heavy atom. The number of nitriles is 1. The number of methoxy groups -OCH3 is 1. The van der Waals surface area contributed by atoms with Gasteiger partial charge < -0.3 is 9.47 Å². The predicted octanol–water partition coefficient (Wildman–Crippen LogP) is 3.09. The summed E-state index contributed by atoms with van der Waals surface area (Å²) in [5.41, 5.74) is 1.03. The van der Waals surface area contributed by atoms with Crippen molar-refractivity contribution >= 4 is 0 Å². The van der Waals surface area contributed by atoms with Crippen LogP contribution in [0, 0.1) is 11.3 Å². The standard InChI is InChI=1S/C15H19NO2/c1-17-14-3-2-4-15(11-14)18-13-7-5-12(6-8-13)9-10-16/h5-8,14-15H,2-4,9,11H2,1H3. The molecule has 1 aromatic carbocycles. The Kier molecular flexibility index (Phi) is 4.60. The van der Waals surface area contributed by atoms with Crippen LogP contribution < -0.4 is 4.74 Å². The molecule has 0 saturated heterocycles. The lowest BCUT2D eigenvalue weighted by atomic mass is 9.95. The molecule has 0 radical (unpaired) electrons. The van der Waals surface area contributed by atoms with Crippen LogP contribution in [0.2, 0.25) is 0 Å². The van der Waals surface area contributed by atoms with Crippen molar-refractivity contribution in [1.82, 2.24) is 0 Å². The molecule has 0 heterocycles. The van der Waals surface area contributed by atoms with E-state index in [4.69, 9.17) is 14.7 Å². The summed E-state index contributed by atoms with van der Waals surface area (Å²) in [5, 5.41) is 8.61. The largest absolute Gasteiger partial charge is 0.490 e. The Hall–Kier alpha value is -1.53. The van der Waals surface area contributed by atoms with Crippen molar-refractivity contribution in [3.63, 3.8) is 0 Å². The maximum atomic E-state index is 8.61. The topological polar surface area (TPSA) is 42.2 Å². The lowest BCUT2D eigenvalue weighted by Crippen LogP contribution is -2.29. The molecule has 0 N–H and O–H groups in total. The Balaban J connectivity index is 1.90. The summed E-state index contributed by atoms with van der Waals surface area (Å²) in [5.74, 6) is 0.887. The summed E-state index contributed by atoms with van der Waals surface area (Å²) < 4.78 is 11.4. The van der Waals surface area contributed by atoms with Crippen molar-refractivity contribution in [2.75, 3.05) is 7.11 Å². The Labute approximate surface area is 108 Å². The first-order valence-electron chi connectivity index (χ1n) is 6.47. The van der Waals surface area contributed by atoms with Gasteiger partial charge in [-0.15, -0.1) is 0 Å². The molecular formula is C15H19NO2. The van der Waals surface area contributed by atoms with E-state index in [1.54, 1.807) is 7.11 Å². The maximum Gasteiger partial charge on any atom is 0.119 e. The quantitative estimate of drug-likeness (QED) is 0.818. The van der Waals surface area contributed by atoms with E-state index in [-0.39, 0.29) is 6.10 Å². The van der Waals surface area contributed by atoms with Crippen LogP contribution in [0.3, 0.4) is 0 Å². The van der Waals surface area contributed by atoms with Gasteiger partial charge in [-0.2, -0.15) is 5.26 Å². The normalized spacial score (nSPS) is 23.3. The van der Waals surface area contributed by atoms with Crippen molar-refractivity contribution in [3.05, 3.63) is 29.8 Å². The Bertz CT molecular complexity index is 407. The number of benzene rings is 1. The molecule has 0 bridgehead atoms. The first-order valence-corrected chi connectivity index (χ1v) is 6.47. The first-order chi connectivity index (χ1) is 8.81. The summed E-state index contributed by atoms with van der Waals surface area (Å²) in [7, 11) is 1.77. The van der Waals surface area contributed by atoms with Gasteiger partial charge in [0.25, 0.3) is 0 Å². The molecule has 3 nitrogen and oxygen atoms in total. The molecule has 0 spiro atoms. The highest BCUT2D eigenvalue weighted by Gasteiger charge is 2.22. The minimum absolute atomic E-state index is 0.255. The van der Waals surface area contributed by atoms with Gasteiger partial charge in [0.2, 0.25) is 0 Å². The average Bonchev–Trinajstić information content (AvgIpc) is 2.42. The third-order valence-electron chi connectivity index (χ3n) is 3.42. The van der Waals surface area contributed by atoms with Crippen molar-refractivity contribution in [2.24, 2.45) is 0 Å². The molecule has 96 valence electrons. The molecule has 2 rings (SSSR count). The minimum Gasteiger partial charge on any atom is -0.490 e. The molecule has 2 atom stereocenters. The number of rotatable bonds is 4. The number of hydrogen-bond donors (Lipinski definition) is 0. The van der Waals surface area contributed by atoms with Gasteiger partial charge in [-0.25, -0.2) is 0 Å². The highest BCUT2D eigenvalue weighted by Crippen LogP contribution is 2.25. The van der Waals surface area contributed by atoms with Crippen LogP contribution in [0.25, 0.3) is 0 Å². The zero-order valence-corrected chi connectivity index (χ0v) is 10.8. The van der Waals surface area contributed by atoms with Crippen molar-refractivity contribution in [1.29, 1.82) is 5.26 Å². The van der Waals surface area contributed by atoms with Crippen LogP contribution >= 0.6 is 0 Å². The van der Waals surface area contributed by atoms with E-state index in [0.717, 1.165) is 37.0 Å². The molecule has 2 unspecified atom stereocenters. The second-order valence-electron chi connectivity index (χ2n) is 4.74. The monoisotopic (exact) mass is 245 g/mol. The van der Waals surface area contributed by atoms with E-state index in [2.05, 4.69) is 6.07 Å². The van der Waals surface area contributed by atoms with Crippen molar-refractivity contribution in [3.8, 4) is 11.8 Å². The second-order valence-corrected chi connectivity index (χ2v) is 4.74. The summed E-state index contributed by atoms with van der Waals surface area (Å²) in [4.78, 5) is 0. The van der Waals surface area contributed by atoms with Crippen LogP contribution in [0.5, 0.6) is 5.75 Å². The van der Waals surface area contributed by atoms with Gasteiger partial charge in [-0.3, -0.25) is 0 Å². The maximum absolute atomic E-state index is 8.61. The fourth-order valence-electron chi connectivity index (χ4n) is 2.39. The Morgan fingerprint density at radius 2 is 1.94 bits per heavy atom. The van der Waals surface area contributed by atoms with Crippen LogP contribution in [-0.2, 0) is 11.2 Å². The number of nitrogens with zero attached hydrogens (tertiary/aromatic N) is 1. The van der Waals surface area contributed by atoms with Gasteiger partial charge in [-0.05, 0) is 37.0 Å². The van der Waals surface area contributed by atoms with Crippen LogP contribution in [0.1, 0.15) is 31.2 Å². The van der Waals surface area contributed by atoms with E-state index in [9.17, 15) is 0 Å². The van der Waals surface area contributed by atoms with Gasteiger partial charge >= 0.3 is 0 Å². The van der Waals surface area contributed by atoms with E-state index in [1.807, 2.05) is 24.3 Å². The zero-order chi connectivity index (χ0) is 12.8. The van der Waals surface area contributed by atoms with Crippen molar-refractivity contribution in [2.45, 2.75) is 44.3 Å². The van der Waals surface area contributed by atoms with E-state index >= 15 is 0 Å². The third-order valence-corrected chi connectivity index (χ3v) is 3.42. The molecule has 1 saturated carbocycles. The van der Waals surface area contributed by atoms with Gasteiger partial charge in [0.05, 0.1) is 18.6 Å². The van der Waals surface area contributed by atoms with Crippen LogP contribution in [-0.4, -0.2) is 19.3 Å². The molecule has 1 aliphatic rings. The summed E-state index contributed by atoms with van der Waals surface area (Å²) in [6, 6.07) is 9.94. The van der Waals surface area contributed by atoms with Crippen LogP contribution in [0.4, 0.5) is 0 Å². The van der Waals surface area contributed by atoms with E-state index in [1.165, 1.54) is 0 Å². The first kappa shape index (κ1) is 12.9. The van der Waals surface area contributed by atoms with E-state index < -0.39 is 0 Å². The molecule has 1 aromatic rings. The molecule has 1 fully saturated rings. The highest BCUT2D eigenvalue weighted by molar-refractivity contribution is 5.28. The number of ether oxygens (including phenoxy) is 2. The molecule has 3 heteroatoms. The fraction of sp³-hybridized carbons (Fsp3) is 0.533. The van der Waals surface area contributed by atoms with Gasteiger partial charge in [0.1, 0.15) is 11.9 Å². The molecule has 0 amide bonds. The molecule has 0 aromatic heterocycles. The van der Waals surface area contributed by atoms with Gasteiger partial charge in [0, 0.05) is 13.5 Å². The molecule has 1 aliphatic carbocycles.